The van der Waals surface area contributed by atoms with Gasteiger partial charge in [0, 0.05) is 23.3 Å². The molecule has 0 fully saturated rings. The summed E-state index contributed by atoms with van der Waals surface area (Å²) < 4.78 is 26.2. The molecule has 0 spiro atoms. The quantitative estimate of drug-likeness (QED) is 0.755. The molecule has 1 aromatic heterocycles. The Morgan fingerprint density at radius 2 is 1.82 bits per heavy atom. The molecule has 4 heteroatoms. The molecule has 1 heterocycles. The molecule has 0 aliphatic heterocycles. The third-order valence-electron chi connectivity index (χ3n) is 3.64. The fourth-order valence-corrected chi connectivity index (χ4v) is 2.51. The predicted molar refractivity (Wildman–Crippen MR) is 84.9 cm³/mol. The number of fused-ring (bicyclic) bond motifs is 1. The van der Waals surface area contributed by atoms with Gasteiger partial charge in [0.2, 0.25) is 0 Å². The van der Waals surface area contributed by atoms with Crippen molar-refractivity contribution >= 4 is 16.6 Å². The molecule has 2 nitrogen and oxygen atoms in total. The summed E-state index contributed by atoms with van der Waals surface area (Å²) in [5.41, 5.74) is 4.60. The predicted octanol–water partition coefficient (Wildman–Crippen LogP) is 4.74. The Hall–Kier alpha value is -2.49. The van der Waals surface area contributed by atoms with Crippen LogP contribution in [-0.2, 0) is 6.54 Å². The van der Waals surface area contributed by atoms with Crippen molar-refractivity contribution in [3.05, 3.63) is 70.9 Å². The van der Waals surface area contributed by atoms with Gasteiger partial charge in [-0.15, -0.1) is 0 Å². The number of benzene rings is 2. The van der Waals surface area contributed by atoms with Gasteiger partial charge >= 0.3 is 0 Å². The van der Waals surface area contributed by atoms with Crippen molar-refractivity contribution in [1.29, 1.82) is 0 Å². The highest BCUT2D eigenvalue weighted by Gasteiger charge is 2.07. The highest BCUT2D eigenvalue weighted by molar-refractivity contribution is 5.93. The monoisotopic (exact) mass is 298 g/mol. The molecule has 2 aromatic carbocycles. The van der Waals surface area contributed by atoms with Crippen LogP contribution < -0.4 is 5.32 Å². The maximum absolute atomic E-state index is 13.3. The van der Waals surface area contributed by atoms with E-state index < -0.39 is 11.6 Å². The molecule has 0 atom stereocenters. The van der Waals surface area contributed by atoms with Crippen molar-refractivity contribution in [3.8, 4) is 0 Å². The fourth-order valence-electron chi connectivity index (χ4n) is 2.51. The fraction of sp³-hybridized carbons (Fsp3) is 0.167. The van der Waals surface area contributed by atoms with E-state index in [4.69, 9.17) is 0 Å². The lowest BCUT2D eigenvalue weighted by molar-refractivity contribution is 0.507. The van der Waals surface area contributed by atoms with Crippen LogP contribution in [0.25, 0.3) is 10.9 Å². The van der Waals surface area contributed by atoms with Gasteiger partial charge in [-0.3, -0.25) is 4.98 Å². The van der Waals surface area contributed by atoms with Gasteiger partial charge in [-0.25, -0.2) is 8.78 Å². The molecule has 112 valence electrons. The topological polar surface area (TPSA) is 24.9 Å². The smallest absolute Gasteiger partial charge is 0.159 e. The van der Waals surface area contributed by atoms with Crippen LogP contribution in [0, 0.1) is 25.5 Å². The maximum atomic E-state index is 13.3. The lowest BCUT2D eigenvalue weighted by Crippen LogP contribution is -2.02. The number of pyridine rings is 1. The number of hydrogen-bond acceptors (Lipinski definition) is 2. The zero-order valence-corrected chi connectivity index (χ0v) is 12.5. The molecule has 0 saturated heterocycles. The number of halogens is 2. The summed E-state index contributed by atoms with van der Waals surface area (Å²) in [4.78, 5) is 4.57. The Kier molecular flexibility index (Phi) is 3.75. The standard InChI is InChI=1S/C18H16F2N2/c1-11-4-3-5-14-17(8-12(2)22-18(11)14)21-10-13-6-7-15(19)16(20)9-13/h3-9H,10H2,1-2H3,(H,21,22). The molecule has 0 unspecified atom stereocenters. The minimum atomic E-state index is -0.829. The summed E-state index contributed by atoms with van der Waals surface area (Å²) in [6.45, 7) is 4.38. The molecule has 0 bridgehead atoms. The number of anilines is 1. The van der Waals surface area contributed by atoms with E-state index in [1.54, 1.807) is 6.07 Å². The van der Waals surface area contributed by atoms with Crippen LogP contribution in [0.3, 0.4) is 0 Å². The SMILES string of the molecule is Cc1cc(NCc2ccc(F)c(F)c2)c2cccc(C)c2n1. The van der Waals surface area contributed by atoms with E-state index in [0.717, 1.165) is 33.9 Å². The molecule has 22 heavy (non-hydrogen) atoms. The molecule has 0 radical (unpaired) electrons. The largest absolute Gasteiger partial charge is 0.380 e. The lowest BCUT2D eigenvalue weighted by Gasteiger charge is -2.12. The maximum Gasteiger partial charge on any atom is 0.159 e. The molecule has 3 rings (SSSR count). The molecule has 0 aliphatic rings. The molecule has 1 N–H and O–H groups in total. The van der Waals surface area contributed by atoms with Crippen molar-refractivity contribution in [2.75, 3.05) is 5.32 Å². The van der Waals surface area contributed by atoms with Gasteiger partial charge in [0.1, 0.15) is 0 Å². The van der Waals surface area contributed by atoms with E-state index in [-0.39, 0.29) is 0 Å². The first-order valence-corrected chi connectivity index (χ1v) is 7.09. The Morgan fingerprint density at radius 3 is 2.59 bits per heavy atom. The molecule has 0 amide bonds. The van der Waals surface area contributed by atoms with Crippen molar-refractivity contribution < 1.29 is 8.78 Å². The second kappa shape index (κ2) is 5.72. The molecular formula is C18H16F2N2. The van der Waals surface area contributed by atoms with Gasteiger partial charge < -0.3 is 5.32 Å². The molecular weight excluding hydrogens is 282 g/mol. The molecule has 0 saturated carbocycles. The number of para-hydroxylation sites is 1. The average Bonchev–Trinajstić information content (AvgIpc) is 2.49. The summed E-state index contributed by atoms with van der Waals surface area (Å²) in [5, 5.41) is 4.31. The minimum Gasteiger partial charge on any atom is -0.380 e. The minimum absolute atomic E-state index is 0.420. The van der Waals surface area contributed by atoms with E-state index in [1.807, 2.05) is 38.1 Å². The van der Waals surface area contributed by atoms with E-state index in [0.29, 0.717) is 12.1 Å². The van der Waals surface area contributed by atoms with Gasteiger partial charge in [-0.05, 0) is 43.2 Å². The van der Waals surface area contributed by atoms with Crippen LogP contribution in [0.1, 0.15) is 16.8 Å². The molecule has 3 aromatic rings. The van der Waals surface area contributed by atoms with Crippen molar-refractivity contribution in [1.82, 2.24) is 4.98 Å². The number of aromatic nitrogens is 1. The Labute approximate surface area is 127 Å². The number of aryl methyl sites for hydroxylation is 2. The van der Waals surface area contributed by atoms with Crippen LogP contribution >= 0.6 is 0 Å². The van der Waals surface area contributed by atoms with Gasteiger partial charge in [0.25, 0.3) is 0 Å². The summed E-state index contributed by atoms with van der Waals surface area (Å²) in [6.07, 6.45) is 0. The van der Waals surface area contributed by atoms with E-state index >= 15 is 0 Å². The lowest BCUT2D eigenvalue weighted by atomic mass is 10.1. The first kappa shape index (κ1) is 14.4. The third kappa shape index (κ3) is 2.77. The second-order valence-electron chi connectivity index (χ2n) is 5.38. The number of rotatable bonds is 3. The average molecular weight is 298 g/mol. The number of hydrogen-bond donors (Lipinski definition) is 1. The van der Waals surface area contributed by atoms with Crippen LogP contribution in [0.2, 0.25) is 0 Å². The van der Waals surface area contributed by atoms with E-state index in [1.165, 1.54) is 6.07 Å². The van der Waals surface area contributed by atoms with Gasteiger partial charge in [0.05, 0.1) is 5.52 Å². The van der Waals surface area contributed by atoms with E-state index in [2.05, 4.69) is 10.3 Å². The number of nitrogens with zero attached hydrogens (tertiary/aromatic N) is 1. The highest BCUT2D eigenvalue weighted by atomic mass is 19.2. The summed E-state index contributed by atoms with van der Waals surface area (Å²) >= 11 is 0. The van der Waals surface area contributed by atoms with Crippen LogP contribution in [0.4, 0.5) is 14.5 Å². The summed E-state index contributed by atoms with van der Waals surface area (Å²) in [7, 11) is 0. The van der Waals surface area contributed by atoms with Gasteiger partial charge in [-0.1, -0.05) is 24.3 Å². The van der Waals surface area contributed by atoms with Crippen molar-refractivity contribution in [2.24, 2.45) is 0 Å². The Bertz CT molecular complexity index is 844. The number of nitrogens with one attached hydrogen (secondary N) is 1. The van der Waals surface area contributed by atoms with Crippen LogP contribution in [-0.4, -0.2) is 4.98 Å². The van der Waals surface area contributed by atoms with E-state index in [9.17, 15) is 8.78 Å². The van der Waals surface area contributed by atoms with Crippen LogP contribution in [0.5, 0.6) is 0 Å². The first-order chi connectivity index (χ1) is 10.5. The highest BCUT2D eigenvalue weighted by Crippen LogP contribution is 2.26. The summed E-state index contributed by atoms with van der Waals surface area (Å²) in [5.74, 6) is -1.66. The van der Waals surface area contributed by atoms with Gasteiger partial charge in [0.15, 0.2) is 11.6 Å². The van der Waals surface area contributed by atoms with Crippen molar-refractivity contribution in [2.45, 2.75) is 20.4 Å². The first-order valence-electron chi connectivity index (χ1n) is 7.09. The third-order valence-corrected chi connectivity index (χ3v) is 3.64. The summed E-state index contributed by atoms with van der Waals surface area (Å²) in [6, 6.07) is 11.9. The Morgan fingerprint density at radius 1 is 1.00 bits per heavy atom. The second-order valence-corrected chi connectivity index (χ2v) is 5.38. The zero-order valence-electron chi connectivity index (χ0n) is 12.5. The normalized spacial score (nSPS) is 10.9. The van der Waals surface area contributed by atoms with Gasteiger partial charge in [-0.2, -0.15) is 0 Å². The zero-order chi connectivity index (χ0) is 15.7. The van der Waals surface area contributed by atoms with Crippen molar-refractivity contribution in [3.63, 3.8) is 0 Å². The molecule has 0 aliphatic carbocycles. The van der Waals surface area contributed by atoms with Crippen LogP contribution in [0.15, 0.2) is 42.5 Å². The Balaban J connectivity index is 1.93.